The number of carboxylic acid groups (broad SMARTS) is 1. The van der Waals surface area contributed by atoms with Crippen LogP contribution >= 0.6 is 15.9 Å². The van der Waals surface area contributed by atoms with Gasteiger partial charge in [-0.15, -0.1) is 0 Å². The molecule has 0 unspecified atom stereocenters. The normalized spacial score (nSPS) is 11.1. The summed E-state index contributed by atoms with van der Waals surface area (Å²) >= 11 is 3.05. The molecule has 2 N–H and O–H groups in total. The van der Waals surface area contributed by atoms with Gasteiger partial charge in [0.25, 0.3) is 0 Å². The number of halogens is 2. The molecular formula is C14H18BrFN2O3. The number of carbonyl (C=O) groups is 2. The number of hydrogen-bond acceptors (Lipinski definition) is 2. The number of anilines is 1. The summed E-state index contributed by atoms with van der Waals surface area (Å²) in [5, 5.41) is 11.8. The van der Waals surface area contributed by atoms with Crippen molar-refractivity contribution in [3.8, 4) is 0 Å². The van der Waals surface area contributed by atoms with Crippen molar-refractivity contribution >= 4 is 33.6 Å². The second kappa shape index (κ2) is 6.43. The predicted octanol–water partition coefficient (Wildman–Crippen LogP) is 3.61. The van der Waals surface area contributed by atoms with Crippen molar-refractivity contribution in [2.75, 3.05) is 11.9 Å². The summed E-state index contributed by atoms with van der Waals surface area (Å²) in [7, 11) is 0. The second-order valence-corrected chi connectivity index (χ2v) is 5.97. The van der Waals surface area contributed by atoms with Crippen LogP contribution in [0, 0.1) is 12.7 Å². The lowest BCUT2D eigenvalue weighted by molar-refractivity contribution is -0.147. The first-order valence-electron chi connectivity index (χ1n) is 6.39. The maximum Gasteiger partial charge on any atom is 0.329 e. The summed E-state index contributed by atoms with van der Waals surface area (Å²) < 4.78 is 13.6. The van der Waals surface area contributed by atoms with Crippen LogP contribution in [0.1, 0.15) is 26.3 Å². The van der Waals surface area contributed by atoms with E-state index in [9.17, 15) is 19.1 Å². The molecule has 116 valence electrons. The minimum atomic E-state index is -1.34. The molecule has 2 amide bonds. The molecule has 0 aliphatic rings. The zero-order valence-corrected chi connectivity index (χ0v) is 13.9. The van der Waals surface area contributed by atoms with Crippen molar-refractivity contribution in [3.05, 3.63) is 28.0 Å². The summed E-state index contributed by atoms with van der Waals surface area (Å²) in [5.41, 5.74) is -0.370. The van der Waals surface area contributed by atoms with E-state index < -0.39 is 23.4 Å². The lowest BCUT2D eigenvalue weighted by atomic mass is 10.0. The van der Waals surface area contributed by atoms with Gasteiger partial charge in [-0.2, -0.15) is 0 Å². The van der Waals surface area contributed by atoms with Crippen LogP contribution in [0.3, 0.4) is 0 Å². The maximum absolute atomic E-state index is 13.4. The van der Waals surface area contributed by atoms with Gasteiger partial charge in [0, 0.05) is 12.2 Å². The van der Waals surface area contributed by atoms with E-state index in [2.05, 4.69) is 21.2 Å². The van der Waals surface area contributed by atoms with Gasteiger partial charge < -0.3 is 15.3 Å². The fourth-order valence-corrected chi connectivity index (χ4v) is 2.22. The molecule has 0 fully saturated rings. The molecule has 0 saturated carbocycles. The van der Waals surface area contributed by atoms with Gasteiger partial charge in [0.2, 0.25) is 0 Å². The van der Waals surface area contributed by atoms with E-state index in [1.807, 2.05) is 0 Å². The Hall–Kier alpha value is -1.63. The first kappa shape index (κ1) is 17.4. The molecule has 21 heavy (non-hydrogen) atoms. The molecule has 7 heteroatoms. The first-order chi connectivity index (χ1) is 9.61. The van der Waals surface area contributed by atoms with Crippen molar-refractivity contribution in [3.63, 3.8) is 0 Å². The summed E-state index contributed by atoms with van der Waals surface area (Å²) in [6, 6.07) is 2.19. The molecule has 1 aromatic carbocycles. The van der Waals surface area contributed by atoms with Gasteiger partial charge in [-0.3, -0.25) is 0 Å². The van der Waals surface area contributed by atoms with E-state index in [1.54, 1.807) is 13.8 Å². The van der Waals surface area contributed by atoms with Crippen molar-refractivity contribution in [2.24, 2.45) is 0 Å². The molecule has 0 atom stereocenters. The number of aryl methyl sites for hydroxylation is 1. The maximum atomic E-state index is 13.4. The number of nitrogens with one attached hydrogen (secondary N) is 1. The highest BCUT2D eigenvalue weighted by molar-refractivity contribution is 9.10. The molecule has 0 heterocycles. The van der Waals surface area contributed by atoms with Gasteiger partial charge >= 0.3 is 12.0 Å². The number of carboxylic acids is 1. The van der Waals surface area contributed by atoms with Gasteiger partial charge in [-0.1, -0.05) is 0 Å². The van der Waals surface area contributed by atoms with Crippen LogP contribution < -0.4 is 5.32 Å². The molecule has 0 bridgehead atoms. The quantitative estimate of drug-likeness (QED) is 0.861. The molecule has 0 aliphatic heterocycles. The lowest BCUT2D eigenvalue weighted by Crippen LogP contribution is -2.54. The third kappa shape index (κ3) is 3.72. The second-order valence-electron chi connectivity index (χ2n) is 5.12. The van der Waals surface area contributed by atoms with Crippen molar-refractivity contribution in [1.82, 2.24) is 4.90 Å². The Morgan fingerprint density at radius 2 is 2.00 bits per heavy atom. The SMILES string of the molecule is CCN(C(=O)Nc1cc(Br)c(F)cc1C)C(C)(C)C(=O)O. The van der Waals surface area contributed by atoms with E-state index >= 15 is 0 Å². The molecule has 1 rings (SSSR count). The Kier molecular flexibility index (Phi) is 5.33. The Morgan fingerprint density at radius 3 is 2.48 bits per heavy atom. The van der Waals surface area contributed by atoms with Crippen molar-refractivity contribution < 1.29 is 19.1 Å². The van der Waals surface area contributed by atoms with E-state index in [4.69, 9.17) is 0 Å². The topological polar surface area (TPSA) is 69.6 Å². The van der Waals surface area contributed by atoms with Gasteiger partial charge in [0.1, 0.15) is 11.4 Å². The van der Waals surface area contributed by atoms with Crippen LogP contribution in [-0.2, 0) is 4.79 Å². The van der Waals surface area contributed by atoms with Gasteiger partial charge in [-0.05, 0) is 61.3 Å². The van der Waals surface area contributed by atoms with Crippen LogP contribution in [0.25, 0.3) is 0 Å². The number of benzene rings is 1. The number of carbonyl (C=O) groups excluding carboxylic acids is 1. The summed E-state index contributed by atoms with van der Waals surface area (Å²) in [4.78, 5) is 24.8. The monoisotopic (exact) mass is 360 g/mol. The Bertz CT molecular complexity index is 576. The number of rotatable bonds is 4. The molecule has 5 nitrogen and oxygen atoms in total. The highest BCUT2D eigenvalue weighted by Crippen LogP contribution is 2.25. The van der Waals surface area contributed by atoms with Gasteiger partial charge in [0.15, 0.2) is 0 Å². The Labute approximate surface area is 131 Å². The highest BCUT2D eigenvalue weighted by Gasteiger charge is 2.37. The average molecular weight is 361 g/mol. The van der Waals surface area contributed by atoms with E-state index in [1.165, 1.54) is 30.9 Å². The Morgan fingerprint density at radius 1 is 1.43 bits per heavy atom. The zero-order chi connectivity index (χ0) is 16.4. The third-order valence-corrected chi connectivity index (χ3v) is 3.88. The van der Waals surface area contributed by atoms with Crippen LogP contribution in [-0.4, -0.2) is 34.1 Å². The fraction of sp³-hybridized carbons (Fsp3) is 0.429. The average Bonchev–Trinajstić information content (AvgIpc) is 2.36. The molecule has 0 aromatic heterocycles. The van der Waals surface area contributed by atoms with Gasteiger partial charge in [-0.25, -0.2) is 14.0 Å². The smallest absolute Gasteiger partial charge is 0.329 e. The number of nitrogens with zero attached hydrogens (tertiary/aromatic N) is 1. The molecule has 0 aliphatic carbocycles. The molecular weight excluding hydrogens is 343 g/mol. The summed E-state index contributed by atoms with van der Waals surface area (Å²) in [6.45, 7) is 6.48. The molecule has 0 spiro atoms. The van der Waals surface area contributed by atoms with Crippen LogP contribution in [0.4, 0.5) is 14.9 Å². The van der Waals surface area contributed by atoms with E-state index in [-0.39, 0.29) is 11.0 Å². The number of amides is 2. The minimum absolute atomic E-state index is 0.226. The lowest BCUT2D eigenvalue weighted by Gasteiger charge is -2.34. The largest absolute Gasteiger partial charge is 0.480 e. The predicted molar refractivity (Wildman–Crippen MR) is 82.0 cm³/mol. The molecule has 0 saturated heterocycles. The number of hydrogen-bond donors (Lipinski definition) is 2. The first-order valence-corrected chi connectivity index (χ1v) is 7.18. The van der Waals surface area contributed by atoms with E-state index in [0.717, 1.165) is 0 Å². The standard InChI is InChI=1S/C14H18BrFN2O3/c1-5-18(14(3,4)12(19)20)13(21)17-11-7-9(15)10(16)6-8(11)2/h6-7H,5H2,1-4H3,(H,17,21)(H,19,20). The third-order valence-electron chi connectivity index (χ3n) is 3.27. The van der Waals surface area contributed by atoms with Crippen molar-refractivity contribution in [1.29, 1.82) is 0 Å². The fourth-order valence-electron chi connectivity index (χ4n) is 1.87. The van der Waals surface area contributed by atoms with Gasteiger partial charge in [0.05, 0.1) is 4.47 Å². The summed E-state index contributed by atoms with van der Waals surface area (Å²) in [5.74, 6) is -1.53. The number of aliphatic carboxylic acids is 1. The molecule has 1 aromatic rings. The Balaban J connectivity index is 3.04. The van der Waals surface area contributed by atoms with Crippen LogP contribution in [0.2, 0.25) is 0 Å². The summed E-state index contributed by atoms with van der Waals surface area (Å²) in [6.07, 6.45) is 0. The number of urea groups is 1. The van der Waals surface area contributed by atoms with Crippen LogP contribution in [0.15, 0.2) is 16.6 Å². The van der Waals surface area contributed by atoms with Crippen LogP contribution in [0.5, 0.6) is 0 Å². The zero-order valence-electron chi connectivity index (χ0n) is 12.3. The van der Waals surface area contributed by atoms with Crippen molar-refractivity contribution in [2.45, 2.75) is 33.2 Å². The highest BCUT2D eigenvalue weighted by atomic mass is 79.9. The molecule has 0 radical (unpaired) electrons. The number of likely N-dealkylation sites (N-methyl/N-ethyl adjacent to an activating group) is 1. The van der Waals surface area contributed by atoms with E-state index in [0.29, 0.717) is 11.3 Å². The minimum Gasteiger partial charge on any atom is -0.480 e.